The summed E-state index contributed by atoms with van der Waals surface area (Å²) in [5, 5.41) is 6.59. The minimum atomic E-state index is -0.262. The van der Waals surface area contributed by atoms with Crippen LogP contribution in [0.15, 0.2) is 36.5 Å². The average molecular weight is 581 g/mol. The maximum absolute atomic E-state index is 15.1. The van der Waals surface area contributed by atoms with Gasteiger partial charge in [-0.2, -0.15) is 0 Å². The third-order valence-corrected chi connectivity index (χ3v) is 8.46. The summed E-state index contributed by atoms with van der Waals surface area (Å²) in [7, 11) is 3.68. The summed E-state index contributed by atoms with van der Waals surface area (Å²) in [5.74, 6) is 0.137. The molecule has 4 heterocycles. The molecule has 11 heteroatoms. The van der Waals surface area contributed by atoms with E-state index in [4.69, 9.17) is 9.72 Å². The van der Waals surface area contributed by atoms with Crippen LogP contribution < -0.4 is 15.4 Å². The van der Waals surface area contributed by atoms with Crippen LogP contribution in [-0.2, 0) is 0 Å². The second-order valence-corrected chi connectivity index (χ2v) is 10.8. The topological polar surface area (TPSA) is 70.9 Å². The molecule has 2 N–H and O–H groups in total. The van der Waals surface area contributed by atoms with E-state index in [2.05, 4.69) is 22.6 Å². The number of aromatic nitrogens is 2. The SMILES string of the molecule is COc1cc2c(cc1C(=O)NC1CCN(C)CC1)sc1nc(-c3ccc(C4CCCN4)cc3F)cn12.Cl.Cl. The number of amides is 1. The maximum Gasteiger partial charge on any atom is 0.255 e. The summed E-state index contributed by atoms with van der Waals surface area (Å²) in [5.41, 5.74) is 3.47. The zero-order chi connectivity index (χ0) is 24.8. The largest absolute Gasteiger partial charge is 0.496 e. The first-order valence-corrected chi connectivity index (χ1v) is 13.3. The summed E-state index contributed by atoms with van der Waals surface area (Å²) in [6.07, 6.45) is 5.89. The van der Waals surface area contributed by atoms with E-state index >= 15 is 4.39 Å². The van der Waals surface area contributed by atoms with Gasteiger partial charge in [-0.3, -0.25) is 9.20 Å². The minimum Gasteiger partial charge on any atom is -0.496 e. The Balaban J connectivity index is 0.00000168. The van der Waals surface area contributed by atoms with Crippen molar-refractivity contribution >= 4 is 57.2 Å². The van der Waals surface area contributed by atoms with Crippen molar-refractivity contribution in [3.8, 4) is 17.0 Å². The van der Waals surface area contributed by atoms with E-state index in [1.54, 1.807) is 13.2 Å². The number of fused-ring (bicyclic) bond motifs is 3. The van der Waals surface area contributed by atoms with Gasteiger partial charge in [0, 0.05) is 29.9 Å². The smallest absolute Gasteiger partial charge is 0.255 e. The molecule has 1 unspecified atom stereocenters. The van der Waals surface area contributed by atoms with Crippen molar-refractivity contribution in [2.24, 2.45) is 0 Å². The lowest BCUT2D eigenvalue weighted by atomic mass is 10.0. The number of rotatable bonds is 5. The van der Waals surface area contributed by atoms with Crippen molar-refractivity contribution in [2.75, 3.05) is 33.8 Å². The third-order valence-electron chi connectivity index (χ3n) is 7.45. The Hall–Kier alpha value is -2.43. The number of ether oxygens (including phenoxy) is 1. The quantitative estimate of drug-likeness (QED) is 0.329. The molecule has 2 saturated heterocycles. The first-order valence-electron chi connectivity index (χ1n) is 12.5. The van der Waals surface area contributed by atoms with Crippen LogP contribution in [0.3, 0.4) is 0 Å². The molecule has 38 heavy (non-hydrogen) atoms. The highest BCUT2D eigenvalue weighted by atomic mass is 35.5. The van der Waals surface area contributed by atoms with Crippen molar-refractivity contribution in [2.45, 2.75) is 37.8 Å². The third kappa shape index (κ3) is 5.35. The van der Waals surface area contributed by atoms with Crippen molar-refractivity contribution in [3.05, 3.63) is 53.5 Å². The van der Waals surface area contributed by atoms with Crippen molar-refractivity contribution in [3.63, 3.8) is 0 Å². The molecular weight excluding hydrogens is 548 g/mol. The lowest BCUT2D eigenvalue weighted by Gasteiger charge is -2.29. The number of benzene rings is 2. The Morgan fingerprint density at radius 1 is 1.18 bits per heavy atom. The normalized spacial score (nSPS) is 18.3. The first-order chi connectivity index (χ1) is 17.5. The molecule has 2 aliphatic heterocycles. The molecule has 0 aliphatic carbocycles. The highest BCUT2D eigenvalue weighted by Gasteiger charge is 2.23. The Bertz CT molecular complexity index is 1440. The van der Waals surface area contributed by atoms with Gasteiger partial charge in [0.2, 0.25) is 0 Å². The molecule has 4 aromatic rings. The van der Waals surface area contributed by atoms with Gasteiger partial charge in [-0.25, -0.2) is 9.37 Å². The van der Waals surface area contributed by atoms with Crippen molar-refractivity contribution < 1.29 is 13.9 Å². The van der Waals surface area contributed by atoms with E-state index < -0.39 is 0 Å². The molecule has 2 aromatic heterocycles. The predicted octanol–water partition coefficient (Wildman–Crippen LogP) is 5.46. The average Bonchev–Trinajstić information content (AvgIpc) is 3.61. The number of likely N-dealkylation sites (tertiary alicyclic amines) is 1. The molecule has 0 radical (unpaired) electrons. The monoisotopic (exact) mass is 579 g/mol. The highest BCUT2D eigenvalue weighted by molar-refractivity contribution is 7.23. The van der Waals surface area contributed by atoms with Gasteiger partial charge >= 0.3 is 0 Å². The number of hydrogen-bond acceptors (Lipinski definition) is 6. The number of piperidine rings is 1. The zero-order valence-corrected chi connectivity index (χ0v) is 23.8. The number of carbonyl (C=O) groups is 1. The molecule has 6 rings (SSSR count). The number of nitrogens with one attached hydrogen (secondary N) is 2. The summed E-state index contributed by atoms with van der Waals surface area (Å²) in [6.45, 7) is 2.93. The molecular formula is C27H32Cl2FN5O2S. The molecule has 2 aliphatic rings. The van der Waals surface area contributed by atoms with Gasteiger partial charge in [0.1, 0.15) is 11.6 Å². The number of methoxy groups -OCH3 is 1. The van der Waals surface area contributed by atoms with Crippen LogP contribution in [0.5, 0.6) is 5.75 Å². The molecule has 1 amide bonds. The van der Waals surface area contributed by atoms with Crippen molar-refractivity contribution in [1.29, 1.82) is 0 Å². The number of imidazole rings is 1. The van der Waals surface area contributed by atoms with Crippen LogP contribution in [0.2, 0.25) is 0 Å². The number of thiazole rings is 1. The van der Waals surface area contributed by atoms with Crippen LogP contribution in [0, 0.1) is 5.82 Å². The molecule has 1 atom stereocenters. The van der Waals surface area contributed by atoms with Gasteiger partial charge in [0.25, 0.3) is 5.91 Å². The van der Waals surface area contributed by atoms with Crippen LogP contribution in [0.25, 0.3) is 26.4 Å². The zero-order valence-electron chi connectivity index (χ0n) is 21.3. The molecule has 2 fully saturated rings. The molecule has 0 spiro atoms. The second kappa shape index (κ2) is 11.8. The van der Waals surface area contributed by atoms with Gasteiger partial charge in [-0.15, -0.1) is 24.8 Å². The van der Waals surface area contributed by atoms with Gasteiger partial charge < -0.3 is 20.3 Å². The molecule has 2 aromatic carbocycles. The Morgan fingerprint density at radius 2 is 1.97 bits per heavy atom. The summed E-state index contributed by atoms with van der Waals surface area (Å²) in [6, 6.07) is 9.59. The fourth-order valence-corrected chi connectivity index (χ4v) is 6.37. The Kier molecular flexibility index (Phi) is 8.84. The number of carbonyl (C=O) groups excluding carboxylic acids is 1. The van der Waals surface area contributed by atoms with Crippen LogP contribution in [0.1, 0.15) is 47.6 Å². The Morgan fingerprint density at radius 3 is 2.66 bits per heavy atom. The number of nitrogens with zero attached hydrogens (tertiary/aromatic N) is 3. The standard InChI is InChI=1S/C27H30FN5O2S.2ClH/c1-32-10-7-17(8-11-32)30-26(34)19-13-25-23(14-24(19)35-2)33-15-22(31-27(33)36-25)18-6-5-16(12-20(18)28)21-4-3-9-29-21;;/h5-6,12-15,17,21,29H,3-4,7-11H2,1-2H3,(H,30,34);2*1H. The van der Waals surface area contributed by atoms with E-state index in [1.807, 2.05) is 34.9 Å². The van der Waals surface area contributed by atoms with E-state index in [0.717, 1.165) is 66.1 Å². The predicted molar refractivity (Wildman–Crippen MR) is 155 cm³/mol. The van der Waals surface area contributed by atoms with E-state index in [0.29, 0.717) is 22.6 Å². The first kappa shape index (κ1) is 28.6. The Labute approximate surface area is 237 Å². The number of halogens is 3. The van der Waals surface area contributed by atoms with Gasteiger partial charge in [0.05, 0.1) is 28.6 Å². The lowest BCUT2D eigenvalue weighted by molar-refractivity contribution is 0.0914. The van der Waals surface area contributed by atoms with Crippen molar-refractivity contribution in [1.82, 2.24) is 24.9 Å². The lowest BCUT2D eigenvalue weighted by Crippen LogP contribution is -2.43. The summed E-state index contributed by atoms with van der Waals surface area (Å²) in [4.78, 5) is 20.8. The maximum atomic E-state index is 15.1. The second-order valence-electron chi connectivity index (χ2n) is 9.84. The molecule has 0 saturated carbocycles. The van der Waals surface area contributed by atoms with Crippen LogP contribution >= 0.6 is 36.2 Å². The van der Waals surface area contributed by atoms with Gasteiger partial charge in [-0.05, 0) is 76.1 Å². The number of hydrogen-bond donors (Lipinski definition) is 2. The van der Waals surface area contributed by atoms with Crippen LogP contribution in [0.4, 0.5) is 4.39 Å². The van der Waals surface area contributed by atoms with Gasteiger partial charge in [0.15, 0.2) is 4.96 Å². The molecule has 7 nitrogen and oxygen atoms in total. The van der Waals surface area contributed by atoms with E-state index in [1.165, 1.54) is 11.3 Å². The highest BCUT2D eigenvalue weighted by Crippen LogP contribution is 2.35. The molecule has 0 bridgehead atoms. The fourth-order valence-electron chi connectivity index (χ4n) is 5.34. The van der Waals surface area contributed by atoms with E-state index in [-0.39, 0.29) is 48.6 Å². The summed E-state index contributed by atoms with van der Waals surface area (Å²) >= 11 is 1.48. The fraction of sp³-hybridized carbons (Fsp3) is 0.407. The van der Waals surface area contributed by atoms with Crippen LogP contribution in [-0.4, -0.2) is 60.0 Å². The molecule has 204 valence electrons. The van der Waals surface area contributed by atoms with Gasteiger partial charge in [-0.1, -0.05) is 17.4 Å². The minimum absolute atomic E-state index is 0. The van der Waals surface area contributed by atoms with E-state index in [9.17, 15) is 4.79 Å². The summed E-state index contributed by atoms with van der Waals surface area (Å²) < 4.78 is 23.6.